The molecule has 0 fully saturated rings. The summed E-state index contributed by atoms with van der Waals surface area (Å²) in [5, 5.41) is 4.95. The van der Waals surface area contributed by atoms with Crippen LogP contribution >= 0.6 is 11.3 Å². The van der Waals surface area contributed by atoms with Crippen LogP contribution in [0.2, 0.25) is 0 Å². The van der Waals surface area contributed by atoms with Gasteiger partial charge >= 0.3 is 5.97 Å². The van der Waals surface area contributed by atoms with Gasteiger partial charge in [0.15, 0.2) is 11.2 Å². The van der Waals surface area contributed by atoms with E-state index in [0.29, 0.717) is 16.6 Å². The SMILES string of the molecule is COc1cccc(OC)c1C(=O)O[C@H](C)C(=O)Nc1nc(-c2ccccc2)cs1. The van der Waals surface area contributed by atoms with Gasteiger partial charge in [0.2, 0.25) is 0 Å². The highest BCUT2D eigenvalue weighted by atomic mass is 32.1. The summed E-state index contributed by atoms with van der Waals surface area (Å²) in [7, 11) is 2.88. The summed E-state index contributed by atoms with van der Waals surface area (Å²) >= 11 is 1.29. The second kappa shape index (κ2) is 9.20. The van der Waals surface area contributed by atoms with E-state index in [9.17, 15) is 9.59 Å². The predicted molar refractivity (Wildman–Crippen MR) is 111 cm³/mol. The monoisotopic (exact) mass is 412 g/mol. The van der Waals surface area contributed by atoms with Crippen LogP contribution in [0, 0.1) is 0 Å². The van der Waals surface area contributed by atoms with Crippen LogP contribution in [0.15, 0.2) is 53.9 Å². The molecule has 1 atom stereocenters. The van der Waals surface area contributed by atoms with Crippen molar-refractivity contribution in [2.75, 3.05) is 19.5 Å². The standard InChI is InChI=1S/C21H20N2O5S/c1-13(28-20(25)18-16(26-2)10-7-11-17(18)27-3)19(24)23-21-22-15(12-29-21)14-8-5-4-6-9-14/h4-13H,1-3H3,(H,22,23,24)/t13-/m1/s1. The summed E-state index contributed by atoms with van der Waals surface area (Å²) in [4.78, 5) is 29.4. The fourth-order valence-corrected chi connectivity index (χ4v) is 3.33. The van der Waals surface area contributed by atoms with Crippen LogP contribution in [-0.2, 0) is 9.53 Å². The number of aromatic nitrogens is 1. The molecular weight excluding hydrogens is 392 g/mol. The molecule has 0 spiro atoms. The second-order valence-corrected chi connectivity index (χ2v) is 6.84. The van der Waals surface area contributed by atoms with Gasteiger partial charge in [0.05, 0.1) is 19.9 Å². The Morgan fingerprint density at radius 1 is 1.00 bits per heavy atom. The molecule has 29 heavy (non-hydrogen) atoms. The summed E-state index contributed by atoms with van der Waals surface area (Å²) in [5.41, 5.74) is 1.83. The molecule has 2 aromatic carbocycles. The van der Waals surface area contributed by atoms with Gasteiger partial charge in [-0.2, -0.15) is 0 Å². The Kier molecular flexibility index (Phi) is 6.46. The molecule has 1 N–H and O–H groups in total. The van der Waals surface area contributed by atoms with Crippen molar-refractivity contribution in [3.63, 3.8) is 0 Å². The first-order valence-corrected chi connectivity index (χ1v) is 9.65. The first-order chi connectivity index (χ1) is 14.0. The molecule has 0 radical (unpaired) electrons. The van der Waals surface area contributed by atoms with Crippen molar-refractivity contribution in [1.82, 2.24) is 4.98 Å². The fourth-order valence-electron chi connectivity index (χ4n) is 2.61. The van der Waals surface area contributed by atoms with Crippen LogP contribution in [0.4, 0.5) is 5.13 Å². The Bertz CT molecular complexity index is 981. The van der Waals surface area contributed by atoms with E-state index in [0.717, 1.165) is 11.3 Å². The normalized spacial score (nSPS) is 11.4. The number of esters is 1. The van der Waals surface area contributed by atoms with E-state index in [1.807, 2.05) is 35.7 Å². The van der Waals surface area contributed by atoms with E-state index in [-0.39, 0.29) is 5.56 Å². The lowest BCUT2D eigenvalue weighted by atomic mass is 10.1. The number of rotatable bonds is 7. The van der Waals surface area contributed by atoms with Crippen molar-refractivity contribution in [3.05, 3.63) is 59.5 Å². The molecule has 0 saturated carbocycles. The molecule has 0 unspecified atom stereocenters. The highest BCUT2D eigenvalue weighted by Gasteiger charge is 2.25. The van der Waals surface area contributed by atoms with Crippen LogP contribution < -0.4 is 14.8 Å². The molecule has 0 saturated heterocycles. The van der Waals surface area contributed by atoms with Crippen LogP contribution in [0.25, 0.3) is 11.3 Å². The van der Waals surface area contributed by atoms with Crippen molar-refractivity contribution < 1.29 is 23.8 Å². The topological polar surface area (TPSA) is 86.8 Å². The van der Waals surface area contributed by atoms with Gasteiger partial charge in [-0.15, -0.1) is 11.3 Å². The predicted octanol–water partition coefficient (Wildman–Crippen LogP) is 4.01. The van der Waals surface area contributed by atoms with E-state index in [4.69, 9.17) is 14.2 Å². The van der Waals surface area contributed by atoms with E-state index in [1.165, 1.54) is 32.5 Å². The maximum atomic E-state index is 12.6. The molecule has 150 valence electrons. The van der Waals surface area contributed by atoms with Gasteiger partial charge in [-0.3, -0.25) is 10.1 Å². The Labute approximate surface area is 172 Å². The van der Waals surface area contributed by atoms with Gasteiger partial charge in [0.25, 0.3) is 5.91 Å². The first kappa shape index (κ1) is 20.3. The summed E-state index contributed by atoms with van der Waals surface area (Å²) in [6.07, 6.45) is -1.04. The zero-order chi connectivity index (χ0) is 20.8. The van der Waals surface area contributed by atoms with Gasteiger partial charge in [-0.25, -0.2) is 9.78 Å². The molecule has 0 aliphatic rings. The number of methoxy groups -OCH3 is 2. The van der Waals surface area contributed by atoms with Crippen LogP contribution in [-0.4, -0.2) is 37.2 Å². The van der Waals surface area contributed by atoms with Crippen molar-refractivity contribution in [2.24, 2.45) is 0 Å². The van der Waals surface area contributed by atoms with Gasteiger partial charge in [-0.05, 0) is 19.1 Å². The number of hydrogen-bond donors (Lipinski definition) is 1. The number of ether oxygens (including phenoxy) is 3. The molecule has 0 aliphatic heterocycles. The van der Waals surface area contributed by atoms with Crippen molar-refractivity contribution in [3.8, 4) is 22.8 Å². The minimum absolute atomic E-state index is 0.123. The highest BCUT2D eigenvalue weighted by Crippen LogP contribution is 2.29. The molecule has 0 bridgehead atoms. The van der Waals surface area contributed by atoms with Crippen molar-refractivity contribution in [2.45, 2.75) is 13.0 Å². The Balaban J connectivity index is 1.67. The lowest BCUT2D eigenvalue weighted by Gasteiger charge is -2.15. The Morgan fingerprint density at radius 2 is 1.66 bits per heavy atom. The van der Waals surface area contributed by atoms with Gasteiger partial charge < -0.3 is 14.2 Å². The average Bonchev–Trinajstić information content (AvgIpc) is 3.22. The Hall–Kier alpha value is -3.39. The highest BCUT2D eigenvalue weighted by molar-refractivity contribution is 7.14. The van der Waals surface area contributed by atoms with Gasteiger partial charge in [0, 0.05) is 10.9 Å². The third-order valence-corrected chi connectivity index (χ3v) is 4.85. The molecule has 1 heterocycles. The summed E-state index contributed by atoms with van der Waals surface area (Å²) < 4.78 is 15.7. The molecule has 3 aromatic rings. The summed E-state index contributed by atoms with van der Waals surface area (Å²) in [6, 6.07) is 14.6. The third-order valence-electron chi connectivity index (χ3n) is 4.09. The van der Waals surface area contributed by atoms with Gasteiger partial charge in [0.1, 0.15) is 17.1 Å². The number of carbonyl (C=O) groups is 2. The lowest BCUT2D eigenvalue weighted by Crippen LogP contribution is -2.30. The molecule has 1 aromatic heterocycles. The molecule has 1 amide bonds. The number of anilines is 1. The number of benzene rings is 2. The average molecular weight is 412 g/mol. The molecule has 8 heteroatoms. The molecule has 0 aliphatic carbocycles. The number of thiazole rings is 1. The maximum absolute atomic E-state index is 12.6. The summed E-state index contributed by atoms with van der Waals surface area (Å²) in [5.74, 6) is -0.601. The third kappa shape index (κ3) is 4.72. The molecule has 3 rings (SSSR count). The molecule has 7 nitrogen and oxygen atoms in total. The smallest absolute Gasteiger partial charge is 0.346 e. The van der Waals surface area contributed by atoms with Crippen LogP contribution in [0.1, 0.15) is 17.3 Å². The van der Waals surface area contributed by atoms with Crippen LogP contribution in [0.5, 0.6) is 11.5 Å². The van der Waals surface area contributed by atoms with E-state index in [1.54, 1.807) is 18.2 Å². The minimum atomic E-state index is -1.04. The largest absolute Gasteiger partial charge is 0.496 e. The minimum Gasteiger partial charge on any atom is -0.496 e. The van der Waals surface area contributed by atoms with Gasteiger partial charge in [-0.1, -0.05) is 36.4 Å². The zero-order valence-corrected chi connectivity index (χ0v) is 17.0. The summed E-state index contributed by atoms with van der Waals surface area (Å²) in [6.45, 7) is 1.49. The van der Waals surface area contributed by atoms with E-state index in [2.05, 4.69) is 10.3 Å². The van der Waals surface area contributed by atoms with Crippen molar-refractivity contribution in [1.29, 1.82) is 0 Å². The first-order valence-electron chi connectivity index (χ1n) is 8.77. The van der Waals surface area contributed by atoms with Crippen LogP contribution in [0.3, 0.4) is 0 Å². The number of nitrogens with one attached hydrogen (secondary N) is 1. The number of amides is 1. The van der Waals surface area contributed by atoms with E-state index < -0.39 is 18.0 Å². The van der Waals surface area contributed by atoms with Crippen molar-refractivity contribution >= 4 is 28.3 Å². The quantitative estimate of drug-likeness (QED) is 0.590. The zero-order valence-electron chi connectivity index (χ0n) is 16.2. The number of carbonyl (C=O) groups excluding carboxylic acids is 2. The Morgan fingerprint density at radius 3 is 2.28 bits per heavy atom. The number of nitrogens with zero attached hydrogens (tertiary/aromatic N) is 1. The fraction of sp³-hybridized carbons (Fsp3) is 0.190. The number of hydrogen-bond acceptors (Lipinski definition) is 7. The molecular formula is C21H20N2O5S. The second-order valence-electron chi connectivity index (χ2n) is 5.98. The lowest BCUT2D eigenvalue weighted by molar-refractivity contribution is -0.123. The van der Waals surface area contributed by atoms with E-state index >= 15 is 0 Å². The maximum Gasteiger partial charge on any atom is 0.346 e.